The number of methoxy groups -OCH3 is 1. The van der Waals surface area contributed by atoms with Crippen LogP contribution in [0.15, 0.2) is 48.5 Å². The summed E-state index contributed by atoms with van der Waals surface area (Å²) in [5.41, 5.74) is 2.05. The number of nitrogens with one attached hydrogen (secondary N) is 2. The van der Waals surface area contributed by atoms with Crippen molar-refractivity contribution in [3.8, 4) is 5.75 Å². The molecule has 1 atom stereocenters. The van der Waals surface area contributed by atoms with E-state index in [4.69, 9.17) is 4.74 Å². The molecule has 2 aromatic carbocycles. The molecule has 30 heavy (non-hydrogen) atoms. The molecule has 2 rings (SSSR count). The Kier molecular flexibility index (Phi) is 9.87. The molecule has 0 aromatic heterocycles. The number of hydrogen-bond acceptors (Lipinski definition) is 5. The summed E-state index contributed by atoms with van der Waals surface area (Å²) in [5, 5.41) is 16.2. The highest BCUT2D eigenvalue weighted by Gasteiger charge is 2.23. The molecule has 0 aliphatic heterocycles. The van der Waals surface area contributed by atoms with Gasteiger partial charge in [0.05, 0.1) is 12.7 Å². The van der Waals surface area contributed by atoms with Crippen molar-refractivity contribution in [3.05, 3.63) is 65.2 Å². The molecule has 0 spiro atoms. The number of carbonyl (C=O) groups excluding carboxylic acids is 2. The van der Waals surface area contributed by atoms with Crippen LogP contribution in [0.2, 0.25) is 0 Å². The Morgan fingerprint density at radius 1 is 1.00 bits per heavy atom. The number of ether oxygens (including phenoxy) is 1. The normalized spacial score (nSPS) is 11.7. The van der Waals surface area contributed by atoms with Gasteiger partial charge in [-0.05, 0) is 56.1 Å². The molecule has 0 saturated heterocycles. The molecule has 2 aromatic rings. The summed E-state index contributed by atoms with van der Waals surface area (Å²) >= 11 is 0. The first-order valence-corrected chi connectivity index (χ1v) is 10.4. The largest absolute Gasteiger partial charge is 0.507 e. The van der Waals surface area contributed by atoms with E-state index in [-0.39, 0.29) is 11.3 Å². The van der Waals surface area contributed by atoms with Gasteiger partial charge in [-0.3, -0.25) is 4.79 Å². The number of carbonyl (C=O) groups is 2. The van der Waals surface area contributed by atoms with Crippen LogP contribution in [0, 0.1) is 0 Å². The third kappa shape index (κ3) is 7.52. The summed E-state index contributed by atoms with van der Waals surface area (Å²) in [6, 6.07) is 13.7. The van der Waals surface area contributed by atoms with Crippen LogP contribution in [0.1, 0.15) is 47.2 Å². The average Bonchev–Trinajstić information content (AvgIpc) is 2.75. The smallest absolute Gasteiger partial charge is 0.328 e. The summed E-state index contributed by atoms with van der Waals surface area (Å²) < 4.78 is 4.83. The first-order chi connectivity index (χ1) is 14.5. The van der Waals surface area contributed by atoms with E-state index < -0.39 is 17.9 Å². The van der Waals surface area contributed by atoms with Crippen LogP contribution in [-0.2, 0) is 22.4 Å². The Bertz CT molecular complexity index is 808. The number of hydrogen-bond donors (Lipinski definition) is 3. The van der Waals surface area contributed by atoms with Crippen molar-refractivity contribution in [2.75, 3.05) is 20.7 Å². The van der Waals surface area contributed by atoms with Gasteiger partial charge in [0, 0.05) is 6.42 Å². The fourth-order valence-electron chi connectivity index (χ4n) is 3.33. The van der Waals surface area contributed by atoms with E-state index in [0.717, 1.165) is 43.4 Å². The predicted molar refractivity (Wildman–Crippen MR) is 118 cm³/mol. The van der Waals surface area contributed by atoms with Crippen molar-refractivity contribution in [3.63, 3.8) is 0 Å². The monoisotopic (exact) mass is 412 g/mol. The number of benzene rings is 2. The Morgan fingerprint density at radius 3 is 2.40 bits per heavy atom. The van der Waals surface area contributed by atoms with Gasteiger partial charge in [0.25, 0.3) is 5.91 Å². The number of aromatic hydroxyl groups is 1. The number of aryl methyl sites for hydroxylation is 1. The molecule has 0 fully saturated rings. The molecule has 0 unspecified atom stereocenters. The highest BCUT2D eigenvalue weighted by Crippen LogP contribution is 2.21. The van der Waals surface area contributed by atoms with E-state index in [2.05, 4.69) is 10.6 Å². The van der Waals surface area contributed by atoms with E-state index in [1.54, 1.807) is 12.1 Å². The second-order valence-corrected chi connectivity index (χ2v) is 7.36. The lowest BCUT2D eigenvalue weighted by Crippen LogP contribution is -2.43. The van der Waals surface area contributed by atoms with Gasteiger partial charge in [0.1, 0.15) is 11.8 Å². The lowest BCUT2D eigenvalue weighted by Gasteiger charge is -2.17. The molecule has 0 saturated carbocycles. The fourth-order valence-corrected chi connectivity index (χ4v) is 3.33. The second kappa shape index (κ2) is 12.6. The Balaban J connectivity index is 1.96. The summed E-state index contributed by atoms with van der Waals surface area (Å²) in [4.78, 5) is 24.8. The zero-order valence-corrected chi connectivity index (χ0v) is 17.8. The Labute approximate surface area is 178 Å². The molecule has 6 heteroatoms. The third-order valence-corrected chi connectivity index (χ3v) is 5.02. The lowest BCUT2D eigenvalue weighted by atomic mass is 10.0. The predicted octanol–water partition coefficient (Wildman–Crippen LogP) is 3.23. The van der Waals surface area contributed by atoms with E-state index in [9.17, 15) is 14.7 Å². The topological polar surface area (TPSA) is 87.7 Å². The molecule has 0 aliphatic carbocycles. The van der Waals surface area contributed by atoms with Gasteiger partial charge in [-0.2, -0.15) is 0 Å². The third-order valence-electron chi connectivity index (χ3n) is 5.02. The molecule has 6 nitrogen and oxygen atoms in total. The molecular formula is C24H32N2O4. The minimum absolute atomic E-state index is 0.0801. The zero-order valence-electron chi connectivity index (χ0n) is 17.8. The van der Waals surface area contributed by atoms with Crippen LogP contribution in [0.25, 0.3) is 0 Å². The van der Waals surface area contributed by atoms with E-state index in [1.807, 2.05) is 43.4 Å². The maximum atomic E-state index is 12.7. The van der Waals surface area contributed by atoms with E-state index >= 15 is 0 Å². The van der Waals surface area contributed by atoms with Crippen LogP contribution in [0.3, 0.4) is 0 Å². The van der Waals surface area contributed by atoms with E-state index in [1.165, 1.54) is 13.5 Å². The maximum absolute atomic E-state index is 12.7. The molecule has 0 bridgehead atoms. The minimum Gasteiger partial charge on any atom is -0.507 e. The highest BCUT2D eigenvalue weighted by molar-refractivity contribution is 5.99. The SMILES string of the molecule is CNCCCCCCc1ccc(C(=O)N[C@@H](Cc2ccccc2)C(=O)OC)c(O)c1. The maximum Gasteiger partial charge on any atom is 0.328 e. The average molecular weight is 413 g/mol. The Hall–Kier alpha value is -2.86. The highest BCUT2D eigenvalue weighted by atomic mass is 16.5. The summed E-state index contributed by atoms with van der Waals surface area (Å²) in [5.74, 6) is -1.11. The molecular weight excluding hydrogens is 380 g/mol. The van der Waals surface area contributed by atoms with Crippen molar-refractivity contribution in [2.24, 2.45) is 0 Å². The van der Waals surface area contributed by atoms with Crippen molar-refractivity contribution >= 4 is 11.9 Å². The molecule has 0 heterocycles. The van der Waals surface area contributed by atoms with Gasteiger partial charge in [-0.25, -0.2) is 4.79 Å². The summed E-state index contributed by atoms with van der Waals surface area (Å²) in [6.45, 7) is 1.03. The van der Waals surface area contributed by atoms with Gasteiger partial charge in [-0.1, -0.05) is 49.2 Å². The number of phenols is 1. The number of phenolic OH excluding ortho intramolecular Hbond substituents is 1. The first-order valence-electron chi connectivity index (χ1n) is 10.4. The van der Waals surface area contributed by atoms with Crippen LogP contribution in [0.4, 0.5) is 0 Å². The van der Waals surface area contributed by atoms with Gasteiger partial charge >= 0.3 is 5.97 Å². The van der Waals surface area contributed by atoms with Crippen LogP contribution in [0.5, 0.6) is 5.75 Å². The lowest BCUT2D eigenvalue weighted by molar-refractivity contribution is -0.142. The van der Waals surface area contributed by atoms with Gasteiger partial charge < -0.3 is 20.5 Å². The molecule has 0 radical (unpaired) electrons. The molecule has 162 valence electrons. The fraction of sp³-hybridized carbons (Fsp3) is 0.417. The standard InChI is InChI=1S/C24H32N2O4/c1-25-15-9-4-3-6-12-19-13-14-20(22(27)17-19)23(28)26-21(24(29)30-2)16-18-10-7-5-8-11-18/h5,7-8,10-11,13-14,17,21,25,27H,3-4,6,9,12,15-16H2,1-2H3,(H,26,28)/t21-/m0/s1. The molecule has 3 N–H and O–H groups in total. The second-order valence-electron chi connectivity index (χ2n) is 7.36. The van der Waals surface area contributed by atoms with Crippen molar-refractivity contribution in [1.29, 1.82) is 0 Å². The van der Waals surface area contributed by atoms with E-state index in [0.29, 0.717) is 6.42 Å². The summed E-state index contributed by atoms with van der Waals surface area (Å²) in [7, 11) is 3.24. The quantitative estimate of drug-likeness (QED) is 0.368. The van der Waals surface area contributed by atoms with Gasteiger partial charge in [-0.15, -0.1) is 0 Å². The number of esters is 1. The van der Waals surface area contributed by atoms with Crippen LogP contribution < -0.4 is 10.6 Å². The van der Waals surface area contributed by atoms with Crippen molar-refractivity contribution < 1.29 is 19.4 Å². The minimum atomic E-state index is -0.832. The Morgan fingerprint density at radius 2 is 1.73 bits per heavy atom. The number of unbranched alkanes of at least 4 members (excludes halogenated alkanes) is 3. The van der Waals surface area contributed by atoms with Crippen LogP contribution >= 0.6 is 0 Å². The number of amides is 1. The van der Waals surface area contributed by atoms with Gasteiger partial charge in [0.2, 0.25) is 0 Å². The molecule has 1 amide bonds. The number of rotatable bonds is 12. The van der Waals surface area contributed by atoms with Crippen molar-refractivity contribution in [2.45, 2.75) is 44.6 Å². The molecule has 0 aliphatic rings. The summed E-state index contributed by atoms with van der Waals surface area (Å²) in [6.07, 6.45) is 5.66. The van der Waals surface area contributed by atoms with Crippen molar-refractivity contribution in [1.82, 2.24) is 10.6 Å². The van der Waals surface area contributed by atoms with Crippen LogP contribution in [-0.4, -0.2) is 43.7 Å². The first kappa shape index (κ1) is 23.4. The zero-order chi connectivity index (χ0) is 21.8. The van der Waals surface area contributed by atoms with Gasteiger partial charge in [0.15, 0.2) is 0 Å².